The molecule has 3 heteroatoms. The van der Waals surface area contributed by atoms with E-state index >= 15 is 0 Å². The smallest absolute Gasteiger partial charge is 0.164 e. The van der Waals surface area contributed by atoms with E-state index in [0.29, 0.717) is 17.7 Å². The molecule has 0 unspecified atom stereocenters. The largest absolute Gasteiger partial charge is 0.208 e. The lowest BCUT2D eigenvalue weighted by Gasteiger charge is -2.23. The highest BCUT2D eigenvalue weighted by Gasteiger charge is 2.21. The molecule has 46 heavy (non-hydrogen) atoms. The maximum atomic E-state index is 5.12. The zero-order chi connectivity index (χ0) is 31.5. The van der Waals surface area contributed by atoms with Gasteiger partial charge in [0, 0.05) is 16.7 Å². The van der Waals surface area contributed by atoms with Gasteiger partial charge in [-0.1, -0.05) is 150 Å². The van der Waals surface area contributed by atoms with Crippen molar-refractivity contribution in [1.82, 2.24) is 15.0 Å². The predicted octanol–water partition coefficient (Wildman–Crippen LogP) is 11.9. The summed E-state index contributed by atoms with van der Waals surface area (Å²) in [6.45, 7) is 6.83. The van der Waals surface area contributed by atoms with Gasteiger partial charge in [-0.15, -0.1) is 0 Å². The third-order valence-corrected chi connectivity index (χ3v) is 10.3. The molecule has 0 atom stereocenters. The second-order valence-electron chi connectivity index (χ2n) is 14.6. The molecule has 4 aromatic carbocycles. The summed E-state index contributed by atoms with van der Waals surface area (Å²) in [6, 6.07) is 35.5. The van der Waals surface area contributed by atoms with Crippen molar-refractivity contribution in [2.75, 3.05) is 0 Å². The molecule has 7 rings (SSSR count). The zero-order valence-electron chi connectivity index (χ0n) is 27.8. The van der Waals surface area contributed by atoms with Gasteiger partial charge in [0.1, 0.15) is 0 Å². The normalized spacial score (nSPS) is 16.4. The summed E-state index contributed by atoms with van der Waals surface area (Å²) in [5.41, 5.74) is 9.78. The quantitative estimate of drug-likeness (QED) is 0.193. The lowest BCUT2D eigenvalue weighted by Crippen LogP contribution is -2.12. The van der Waals surface area contributed by atoms with Gasteiger partial charge in [-0.05, 0) is 76.8 Å². The fraction of sp³-hybridized carbons (Fsp3) is 0.372. The third kappa shape index (κ3) is 6.70. The standard InChI is InChI=1S/C43H47N3/c1-43(2,3)39-20-11-10-19-38(39)36-17-12-18-37(29-36)42-45-40(34-25-21-32(22-26-34)30-13-6-4-7-14-30)44-41(46-42)35-27-23-33(24-28-35)31-15-8-5-9-16-31/h10-12,17-31H,4-9,13-16H2,1-3H3. The van der Waals surface area contributed by atoms with E-state index in [1.54, 1.807) is 0 Å². The van der Waals surface area contributed by atoms with Gasteiger partial charge in [0.05, 0.1) is 0 Å². The molecule has 1 heterocycles. The monoisotopic (exact) mass is 605 g/mol. The van der Waals surface area contributed by atoms with Crippen molar-refractivity contribution in [2.45, 2.75) is 102 Å². The Labute approximate surface area is 275 Å². The minimum absolute atomic E-state index is 0.0354. The number of hydrogen-bond acceptors (Lipinski definition) is 3. The van der Waals surface area contributed by atoms with Gasteiger partial charge in [-0.25, -0.2) is 15.0 Å². The first kappa shape index (κ1) is 30.5. The van der Waals surface area contributed by atoms with E-state index in [1.165, 1.54) is 92.0 Å². The molecule has 2 aliphatic carbocycles. The van der Waals surface area contributed by atoms with E-state index in [2.05, 4.69) is 118 Å². The van der Waals surface area contributed by atoms with Crippen molar-refractivity contribution in [3.63, 3.8) is 0 Å². The van der Waals surface area contributed by atoms with Gasteiger partial charge < -0.3 is 0 Å². The number of nitrogens with zero attached hydrogens (tertiary/aromatic N) is 3. The molecule has 2 aliphatic rings. The van der Waals surface area contributed by atoms with E-state index in [-0.39, 0.29) is 5.41 Å². The Morgan fingerprint density at radius 3 is 1.41 bits per heavy atom. The van der Waals surface area contributed by atoms with Crippen LogP contribution >= 0.6 is 0 Å². The van der Waals surface area contributed by atoms with Crippen LogP contribution in [0.5, 0.6) is 0 Å². The summed E-state index contributed by atoms with van der Waals surface area (Å²) in [7, 11) is 0. The molecule has 0 radical (unpaired) electrons. The summed E-state index contributed by atoms with van der Waals surface area (Å²) in [4.78, 5) is 15.3. The number of hydrogen-bond donors (Lipinski definition) is 0. The van der Waals surface area contributed by atoms with Crippen LogP contribution in [0.1, 0.15) is 114 Å². The molecule has 0 aliphatic heterocycles. The van der Waals surface area contributed by atoms with Crippen molar-refractivity contribution >= 4 is 0 Å². The summed E-state index contributed by atoms with van der Waals surface area (Å²) in [5.74, 6) is 3.52. The first-order valence-corrected chi connectivity index (χ1v) is 17.6. The number of benzene rings is 4. The lowest BCUT2D eigenvalue weighted by atomic mass is 9.81. The van der Waals surface area contributed by atoms with Gasteiger partial charge in [-0.2, -0.15) is 0 Å². The summed E-state index contributed by atoms with van der Waals surface area (Å²) in [6.07, 6.45) is 13.3. The predicted molar refractivity (Wildman–Crippen MR) is 192 cm³/mol. The molecule has 1 aromatic heterocycles. The lowest BCUT2D eigenvalue weighted by molar-refractivity contribution is 0.443. The summed E-state index contributed by atoms with van der Waals surface area (Å²) in [5, 5.41) is 0. The molecule has 5 aromatic rings. The number of rotatable bonds is 6. The van der Waals surface area contributed by atoms with E-state index in [9.17, 15) is 0 Å². The van der Waals surface area contributed by atoms with Crippen molar-refractivity contribution in [3.05, 3.63) is 114 Å². The first-order chi connectivity index (χ1) is 22.4. The van der Waals surface area contributed by atoms with E-state index in [0.717, 1.165) is 28.3 Å². The molecule has 0 spiro atoms. The van der Waals surface area contributed by atoms with Crippen LogP contribution in [0.15, 0.2) is 97.1 Å². The van der Waals surface area contributed by atoms with Gasteiger partial charge in [0.25, 0.3) is 0 Å². The Hall–Kier alpha value is -4.11. The zero-order valence-corrected chi connectivity index (χ0v) is 27.8. The van der Waals surface area contributed by atoms with Gasteiger partial charge in [0.2, 0.25) is 0 Å². The molecular formula is C43H47N3. The first-order valence-electron chi connectivity index (χ1n) is 17.6. The van der Waals surface area contributed by atoms with Crippen molar-refractivity contribution in [1.29, 1.82) is 0 Å². The summed E-state index contributed by atoms with van der Waals surface area (Å²) >= 11 is 0. The SMILES string of the molecule is CC(C)(C)c1ccccc1-c1cccc(-c2nc(-c3ccc(C4CCCCC4)cc3)nc(-c3ccc(C4CCCCC4)cc3)n2)c1. The molecule has 2 saturated carbocycles. The molecule has 0 saturated heterocycles. The molecule has 0 N–H and O–H groups in total. The van der Waals surface area contributed by atoms with Crippen LogP contribution in [0.2, 0.25) is 0 Å². The van der Waals surface area contributed by atoms with E-state index < -0.39 is 0 Å². The van der Waals surface area contributed by atoms with Crippen LogP contribution in [0.3, 0.4) is 0 Å². The second-order valence-corrected chi connectivity index (χ2v) is 14.6. The van der Waals surface area contributed by atoms with Crippen LogP contribution in [0, 0.1) is 0 Å². The van der Waals surface area contributed by atoms with Crippen LogP contribution in [0.4, 0.5) is 0 Å². The van der Waals surface area contributed by atoms with Crippen LogP contribution in [-0.4, -0.2) is 15.0 Å². The molecule has 0 amide bonds. The average Bonchev–Trinajstić information content (AvgIpc) is 3.12. The van der Waals surface area contributed by atoms with Gasteiger partial charge >= 0.3 is 0 Å². The Balaban J connectivity index is 1.29. The maximum Gasteiger partial charge on any atom is 0.164 e. The van der Waals surface area contributed by atoms with Gasteiger partial charge in [-0.3, -0.25) is 0 Å². The van der Waals surface area contributed by atoms with Crippen molar-refractivity contribution in [2.24, 2.45) is 0 Å². The Morgan fingerprint density at radius 2 is 0.913 bits per heavy atom. The van der Waals surface area contributed by atoms with Crippen molar-refractivity contribution in [3.8, 4) is 45.3 Å². The second kappa shape index (κ2) is 13.3. The fourth-order valence-corrected chi connectivity index (χ4v) is 7.66. The maximum absolute atomic E-state index is 5.12. The van der Waals surface area contributed by atoms with E-state index in [4.69, 9.17) is 15.0 Å². The highest BCUT2D eigenvalue weighted by molar-refractivity contribution is 5.75. The molecule has 234 valence electrons. The summed E-state index contributed by atoms with van der Waals surface area (Å²) < 4.78 is 0. The van der Waals surface area contributed by atoms with Crippen molar-refractivity contribution < 1.29 is 0 Å². The topological polar surface area (TPSA) is 38.7 Å². The average molecular weight is 606 g/mol. The minimum atomic E-state index is 0.0354. The fourth-order valence-electron chi connectivity index (χ4n) is 7.66. The van der Waals surface area contributed by atoms with Crippen LogP contribution in [-0.2, 0) is 5.41 Å². The molecular weight excluding hydrogens is 558 g/mol. The van der Waals surface area contributed by atoms with Crippen LogP contribution in [0.25, 0.3) is 45.3 Å². The van der Waals surface area contributed by atoms with E-state index in [1.807, 2.05) is 0 Å². The molecule has 3 nitrogen and oxygen atoms in total. The molecule has 0 bridgehead atoms. The Bertz CT molecular complexity index is 1690. The number of aromatic nitrogens is 3. The highest BCUT2D eigenvalue weighted by Crippen LogP contribution is 2.37. The highest BCUT2D eigenvalue weighted by atomic mass is 15.0. The van der Waals surface area contributed by atoms with Crippen LogP contribution < -0.4 is 0 Å². The van der Waals surface area contributed by atoms with Gasteiger partial charge in [0.15, 0.2) is 17.5 Å². The Kier molecular flexibility index (Phi) is 8.84. The minimum Gasteiger partial charge on any atom is -0.208 e. The Morgan fingerprint density at radius 1 is 0.457 bits per heavy atom. The third-order valence-electron chi connectivity index (χ3n) is 10.3. The molecule has 2 fully saturated rings.